The molecule has 3 aromatic heterocycles. The summed E-state index contributed by atoms with van der Waals surface area (Å²) < 4.78 is 1.74. The number of hydrogen-bond acceptors (Lipinski definition) is 8. The maximum absolute atomic E-state index is 11.8. The Morgan fingerprint density at radius 3 is 2.94 bits per heavy atom. The molecule has 0 spiro atoms. The van der Waals surface area contributed by atoms with Gasteiger partial charge in [0.25, 0.3) is 5.91 Å². The molecule has 11 heteroatoms. The predicted octanol–water partition coefficient (Wildman–Crippen LogP) is 0.150. The van der Waals surface area contributed by atoms with Crippen LogP contribution in [0.25, 0.3) is 17.2 Å². The average molecular weight is 429 g/mol. The number of amides is 1. The van der Waals surface area contributed by atoms with E-state index in [0.29, 0.717) is 40.6 Å². The van der Waals surface area contributed by atoms with Gasteiger partial charge in [-0.1, -0.05) is 24.3 Å². The number of rotatable bonds is 6. The summed E-state index contributed by atoms with van der Waals surface area (Å²) in [6.45, 7) is 1.19. The van der Waals surface area contributed by atoms with Crippen molar-refractivity contribution in [3.63, 3.8) is 0 Å². The van der Waals surface area contributed by atoms with Gasteiger partial charge in [-0.2, -0.15) is 0 Å². The highest BCUT2D eigenvalue weighted by Crippen LogP contribution is 2.30. The van der Waals surface area contributed by atoms with Gasteiger partial charge in [0.05, 0.1) is 17.3 Å². The van der Waals surface area contributed by atoms with E-state index in [4.69, 9.17) is 10.7 Å². The summed E-state index contributed by atoms with van der Waals surface area (Å²) in [7, 11) is -1.52. The minimum Gasteiger partial charge on any atom is -0.423 e. The molecule has 6 N–H and O–H groups in total. The molecule has 0 saturated heterocycles. The topological polar surface area (TPSA) is 151 Å². The summed E-state index contributed by atoms with van der Waals surface area (Å²) in [5.41, 5.74) is 8.73. The van der Waals surface area contributed by atoms with E-state index in [1.165, 1.54) is 0 Å². The number of imidazole rings is 1. The molecule has 1 aliphatic heterocycles. The fourth-order valence-corrected chi connectivity index (χ4v) is 3.86. The molecular weight excluding hydrogens is 409 g/mol. The van der Waals surface area contributed by atoms with Gasteiger partial charge in [-0.3, -0.25) is 9.20 Å². The van der Waals surface area contributed by atoms with Gasteiger partial charge in [0.2, 0.25) is 0 Å². The van der Waals surface area contributed by atoms with Crippen LogP contribution in [-0.2, 0) is 13.0 Å². The van der Waals surface area contributed by atoms with Gasteiger partial charge in [-0.15, -0.1) is 0 Å². The Bertz CT molecular complexity index is 1340. The number of pyridine rings is 1. The lowest BCUT2D eigenvalue weighted by Crippen LogP contribution is -2.30. The van der Waals surface area contributed by atoms with E-state index in [-0.39, 0.29) is 0 Å². The number of fused-ring (bicyclic) bond motifs is 2. The van der Waals surface area contributed by atoms with Crippen LogP contribution in [0.15, 0.2) is 48.8 Å². The summed E-state index contributed by atoms with van der Waals surface area (Å²) in [4.78, 5) is 25.6. The van der Waals surface area contributed by atoms with Gasteiger partial charge >= 0.3 is 7.12 Å². The SMILES string of the molecule is NC(=O)c1cccn2c(-c3nc4c(c(NCc5cccc(B(O)O)c5)n3)CCN4)ncc12. The Kier molecular flexibility index (Phi) is 4.96. The van der Waals surface area contributed by atoms with Crippen molar-refractivity contribution in [3.8, 4) is 11.6 Å². The highest BCUT2D eigenvalue weighted by Gasteiger charge is 2.22. The molecule has 1 aromatic carbocycles. The van der Waals surface area contributed by atoms with Crippen molar-refractivity contribution in [1.29, 1.82) is 0 Å². The Labute approximate surface area is 183 Å². The molecule has 0 bridgehead atoms. The van der Waals surface area contributed by atoms with Gasteiger partial charge in [-0.25, -0.2) is 15.0 Å². The molecule has 0 unspecified atom stereocenters. The largest absolute Gasteiger partial charge is 0.488 e. The minimum absolute atomic E-state index is 0.370. The Morgan fingerprint density at radius 1 is 1.25 bits per heavy atom. The fourth-order valence-electron chi connectivity index (χ4n) is 3.86. The monoisotopic (exact) mass is 429 g/mol. The first kappa shape index (κ1) is 20.0. The number of primary amides is 1. The van der Waals surface area contributed by atoms with Crippen LogP contribution in [0, 0.1) is 0 Å². The molecule has 0 aliphatic carbocycles. The summed E-state index contributed by atoms with van der Waals surface area (Å²) in [6.07, 6.45) is 4.15. The van der Waals surface area contributed by atoms with Crippen molar-refractivity contribution in [1.82, 2.24) is 19.4 Å². The maximum Gasteiger partial charge on any atom is 0.488 e. The average Bonchev–Trinajstić information content (AvgIpc) is 3.44. The molecular formula is C21H20BN7O3. The van der Waals surface area contributed by atoms with Crippen LogP contribution in [0.3, 0.4) is 0 Å². The molecule has 0 atom stereocenters. The number of carbonyl (C=O) groups excluding carboxylic acids is 1. The van der Waals surface area contributed by atoms with E-state index in [1.807, 2.05) is 6.07 Å². The zero-order valence-corrected chi connectivity index (χ0v) is 17.0. The maximum atomic E-state index is 11.8. The summed E-state index contributed by atoms with van der Waals surface area (Å²) in [5, 5.41) is 25.4. The molecule has 0 radical (unpaired) electrons. The van der Waals surface area contributed by atoms with Crippen LogP contribution in [-0.4, -0.2) is 49.0 Å². The Balaban J connectivity index is 1.52. The molecule has 4 heterocycles. The van der Waals surface area contributed by atoms with Crippen LogP contribution in [0.1, 0.15) is 21.5 Å². The predicted molar refractivity (Wildman–Crippen MR) is 121 cm³/mol. The zero-order valence-electron chi connectivity index (χ0n) is 17.0. The van der Waals surface area contributed by atoms with Crippen molar-refractivity contribution in [2.75, 3.05) is 17.2 Å². The summed E-state index contributed by atoms with van der Waals surface area (Å²) >= 11 is 0. The Hall–Kier alpha value is -3.96. The lowest BCUT2D eigenvalue weighted by molar-refractivity contribution is 0.100. The fraction of sp³-hybridized carbons (Fsp3) is 0.143. The van der Waals surface area contributed by atoms with E-state index in [0.717, 1.165) is 29.9 Å². The first-order chi connectivity index (χ1) is 15.5. The standard InChI is InChI=1S/C21H20BN7O3/c23-17(30)14-5-2-8-29-16(14)11-26-21(29)20-27-18-15(6-7-24-18)19(28-20)25-10-12-3-1-4-13(9-12)22(31)32/h1-5,8-9,11,31-32H,6-7,10H2,(H2,23,30)(H2,24,25,27,28). The third-order valence-electron chi connectivity index (χ3n) is 5.42. The number of anilines is 2. The lowest BCUT2D eigenvalue weighted by Gasteiger charge is -2.12. The van der Waals surface area contributed by atoms with Crippen LogP contribution in [0.5, 0.6) is 0 Å². The highest BCUT2D eigenvalue weighted by molar-refractivity contribution is 6.58. The zero-order chi connectivity index (χ0) is 22.2. The van der Waals surface area contributed by atoms with Gasteiger partial charge in [-0.05, 0) is 29.6 Å². The van der Waals surface area contributed by atoms with E-state index in [9.17, 15) is 14.8 Å². The van der Waals surface area contributed by atoms with Crippen LogP contribution >= 0.6 is 0 Å². The van der Waals surface area contributed by atoms with E-state index >= 15 is 0 Å². The second-order valence-electron chi connectivity index (χ2n) is 7.50. The third kappa shape index (κ3) is 3.53. The molecule has 1 aliphatic rings. The number of carbonyl (C=O) groups is 1. The van der Waals surface area contributed by atoms with Gasteiger partial charge in [0, 0.05) is 24.8 Å². The summed E-state index contributed by atoms with van der Waals surface area (Å²) in [5.74, 6) is 1.78. The second kappa shape index (κ2) is 7.95. The molecule has 0 saturated carbocycles. The molecule has 5 rings (SSSR count). The number of nitrogens with one attached hydrogen (secondary N) is 2. The first-order valence-electron chi connectivity index (χ1n) is 10.1. The molecule has 10 nitrogen and oxygen atoms in total. The minimum atomic E-state index is -1.52. The number of benzene rings is 1. The van der Waals surface area contributed by atoms with E-state index < -0.39 is 13.0 Å². The van der Waals surface area contributed by atoms with Crippen molar-refractivity contribution in [2.24, 2.45) is 5.73 Å². The van der Waals surface area contributed by atoms with Gasteiger partial charge in [0.15, 0.2) is 11.6 Å². The van der Waals surface area contributed by atoms with E-state index in [1.54, 1.807) is 47.1 Å². The molecule has 32 heavy (non-hydrogen) atoms. The third-order valence-corrected chi connectivity index (χ3v) is 5.42. The van der Waals surface area contributed by atoms with Crippen molar-refractivity contribution in [2.45, 2.75) is 13.0 Å². The van der Waals surface area contributed by atoms with Gasteiger partial charge in [0.1, 0.15) is 11.6 Å². The Morgan fingerprint density at radius 2 is 2.12 bits per heavy atom. The first-order valence-corrected chi connectivity index (χ1v) is 10.1. The molecule has 1 amide bonds. The van der Waals surface area contributed by atoms with Crippen molar-refractivity contribution >= 4 is 35.6 Å². The lowest BCUT2D eigenvalue weighted by atomic mass is 9.79. The van der Waals surface area contributed by atoms with E-state index in [2.05, 4.69) is 20.6 Å². The van der Waals surface area contributed by atoms with Crippen LogP contribution in [0.4, 0.5) is 11.6 Å². The summed E-state index contributed by atoms with van der Waals surface area (Å²) in [6, 6.07) is 10.4. The van der Waals surface area contributed by atoms with Crippen molar-refractivity contribution in [3.05, 3.63) is 65.5 Å². The molecule has 160 valence electrons. The number of hydrogen-bond donors (Lipinski definition) is 5. The van der Waals surface area contributed by atoms with Gasteiger partial charge < -0.3 is 26.4 Å². The normalized spacial score (nSPS) is 12.4. The smallest absolute Gasteiger partial charge is 0.423 e. The highest BCUT2D eigenvalue weighted by atomic mass is 16.4. The molecule has 0 fully saturated rings. The second-order valence-corrected chi connectivity index (χ2v) is 7.50. The van der Waals surface area contributed by atoms with Crippen LogP contribution in [0.2, 0.25) is 0 Å². The number of nitrogens with two attached hydrogens (primary N) is 1. The number of aromatic nitrogens is 4. The van der Waals surface area contributed by atoms with Crippen molar-refractivity contribution < 1.29 is 14.8 Å². The quantitative estimate of drug-likeness (QED) is 0.272. The number of nitrogens with zero attached hydrogens (tertiary/aromatic N) is 4. The molecule has 4 aromatic rings. The van der Waals surface area contributed by atoms with Crippen LogP contribution < -0.4 is 21.8 Å².